The van der Waals surface area contributed by atoms with Gasteiger partial charge in [0.05, 0.1) is 0 Å². The Morgan fingerprint density at radius 2 is 1.68 bits per heavy atom. The first-order valence-corrected chi connectivity index (χ1v) is 13.3. The quantitative estimate of drug-likeness (QED) is 0.689. The molecule has 34 heavy (non-hydrogen) atoms. The maximum Gasteiger partial charge on any atom is 0.251 e. The van der Waals surface area contributed by atoms with Crippen LogP contribution in [0.1, 0.15) is 65.9 Å². The van der Waals surface area contributed by atoms with E-state index in [0.29, 0.717) is 5.92 Å². The van der Waals surface area contributed by atoms with Crippen LogP contribution >= 0.6 is 0 Å². The molecule has 5 heteroatoms. The van der Waals surface area contributed by atoms with Crippen LogP contribution in [0.15, 0.2) is 48.5 Å². The van der Waals surface area contributed by atoms with Crippen LogP contribution in [-0.2, 0) is 6.54 Å². The molecule has 0 unspecified atom stereocenters. The summed E-state index contributed by atoms with van der Waals surface area (Å²) in [6.45, 7) is 7.99. The predicted octanol–water partition coefficient (Wildman–Crippen LogP) is 4.49. The van der Waals surface area contributed by atoms with Gasteiger partial charge in [-0.15, -0.1) is 0 Å². The standard InChI is InChI=1S/C29H40N4O/c1-30-29(34)24-10-11-28(33-18-13-26(14-19-33)32-15-6-3-7-16-32)27(20-24)25-12-17-31(22-25)21-23-8-4-2-5-9-23/h2,4-5,8-11,20,25-26H,3,6-7,12-19,21-22H2,1H3,(H,30,34)/t25-/m0/s1. The summed E-state index contributed by atoms with van der Waals surface area (Å²) in [5.74, 6) is 0.485. The number of amides is 1. The monoisotopic (exact) mass is 460 g/mol. The molecule has 1 N–H and O–H groups in total. The third kappa shape index (κ3) is 5.31. The number of carbonyl (C=O) groups is 1. The van der Waals surface area contributed by atoms with Crippen molar-refractivity contribution in [3.05, 3.63) is 65.2 Å². The van der Waals surface area contributed by atoms with Crippen molar-refractivity contribution in [2.75, 3.05) is 51.2 Å². The van der Waals surface area contributed by atoms with Crippen LogP contribution in [-0.4, -0.2) is 68.1 Å². The minimum Gasteiger partial charge on any atom is -0.371 e. The fraction of sp³-hybridized carbons (Fsp3) is 0.552. The normalized spacial score (nSPS) is 22.7. The van der Waals surface area contributed by atoms with Gasteiger partial charge in [0.15, 0.2) is 0 Å². The van der Waals surface area contributed by atoms with Crippen molar-refractivity contribution in [2.24, 2.45) is 0 Å². The van der Waals surface area contributed by atoms with Crippen LogP contribution in [0, 0.1) is 0 Å². The number of rotatable bonds is 6. The van der Waals surface area contributed by atoms with Gasteiger partial charge in [-0.25, -0.2) is 0 Å². The van der Waals surface area contributed by atoms with E-state index in [1.807, 2.05) is 6.07 Å². The summed E-state index contributed by atoms with van der Waals surface area (Å²) < 4.78 is 0. The van der Waals surface area contributed by atoms with Gasteiger partial charge in [-0.2, -0.15) is 0 Å². The van der Waals surface area contributed by atoms with E-state index >= 15 is 0 Å². The third-order valence-electron chi connectivity index (χ3n) is 8.19. The van der Waals surface area contributed by atoms with Gasteiger partial charge in [0.1, 0.15) is 0 Å². The lowest BCUT2D eigenvalue weighted by molar-refractivity contribution is 0.0963. The lowest BCUT2D eigenvalue weighted by Crippen LogP contribution is -2.47. The Kier molecular flexibility index (Phi) is 7.51. The molecule has 5 nitrogen and oxygen atoms in total. The molecule has 0 aliphatic carbocycles. The van der Waals surface area contributed by atoms with Gasteiger partial charge in [0.2, 0.25) is 0 Å². The molecule has 3 aliphatic rings. The first kappa shape index (κ1) is 23.4. The Balaban J connectivity index is 1.31. The molecule has 3 heterocycles. The van der Waals surface area contributed by atoms with Crippen molar-refractivity contribution in [1.29, 1.82) is 0 Å². The minimum absolute atomic E-state index is 0.00995. The SMILES string of the molecule is CNC(=O)c1ccc(N2CCC(N3CCCCC3)CC2)c([C@H]2CCN(Cc3ccccc3)C2)c1. The number of likely N-dealkylation sites (tertiary alicyclic amines) is 2. The van der Waals surface area contributed by atoms with Gasteiger partial charge in [0, 0.05) is 50.5 Å². The largest absolute Gasteiger partial charge is 0.371 e. The number of nitrogens with zero attached hydrogens (tertiary/aromatic N) is 3. The zero-order chi connectivity index (χ0) is 23.3. The average molecular weight is 461 g/mol. The predicted molar refractivity (Wildman–Crippen MR) is 140 cm³/mol. The van der Waals surface area contributed by atoms with Gasteiger partial charge in [0.25, 0.3) is 5.91 Å². The van der Waals surface area contributed by atoms with Crippen molar-refractivity contribution in [1.82, 2.24) is 15.1 Å². The molecule has 2 aromatic carbocycles. The van der Waals surface area contributed by atoms with E-state index < -0.39 is 0 Å². The van der Waals surface area contributed by atoms with Crippen molar-refractivity contribution >= 4 is 11.6 Å². The Morgan fingerprint density at radius 1 is 0.912 bits per heavy atom. The maximum absolute atomic E-state index is 12.5. The first-order chi connectivity index (χ1) is 16.7. The highest BCUT2D eigenvalue weighted by Crippen LogP contribution is 2.37. The van der Waals surface area contributed by atoms with Gasteiger partial charge < -0.3 is 15.1 Å². The second-order valence-electron chi connectivity index (χ2n) is 10.4. The Labute approximate surface area is 205 Å². The van der Waals surface area contributed by atoms with Gasteiger partial charge >= 0.3 is 0 Å². The average Bonchev–Trinajstić information content (AvgIpc) is 3.37. The molecular weight excluding hydrogens is 420 g/mol. The molecule has 0 radical (unpaired) electrons. The van der Waals surface area contributed by atoms with E-state index in [1.54, 1.807) is 7.05 Å². The summed E-state index contributed by atoms with van der Waals surface area (Å²) in [5, 5.41) is 2.81. The lowest BCUT2D eigenvalue weighted by Gasteiger charge is -2.41. The number of hydrogen-bond acceptors (Lipinski definition) is 4. The van der Waals surface area contributed by atoms with Crippen molar-refractivity contribution in [2.45, 2.75) is 57.0 Å². The van der Waals surface area contributed by atoms with Crippen LogP contribution < -0.4 is 10.2 Å². The van der Waals surface area contributed by atoms with E-state index in [1.165, 1.54) is 62.0 Å². The molecule has 3 saturated heterocycles. The maximum atomic E-state index is 12.5. The molecule has 0 bridgehead atoms. The molecule has 0 spiro atoms. The molecule has 5 rings (SSSR count). The summed E-state index contributed by atoms with van der Waals surface area (Å²) in [6, 6.07) is 17.9. The van der Waals surface area contributed by atoms with Crippen LogP contribution in [0.25, 0.3) is 0 Å². The Bertz CT molecular complexity index is 948. The van der Waals surface area contributed by atoms with Gasteiger partial charge in [-0.05, 0) is 87.0 Å². The molecule has 2 aromatic rings. The molecule has 0 saturated carbocycles. The fourth-order valence-corrected chi connectivity index (χ4v) is 6.28. The van der Waals surface area contributed by atoms with Crippen LogP contribution in [0.5, 0.6) is 0 Å². The summed E-state index contributed by atoms with van der Waals surface area (Å²) >= 11 is 0. The number of piperidine rings is 2. The number of carbonyl (C=O) groups excluding carboxylic acids is 1. The Morgan fingerprint density at radius 3 is 2.41 bits per heavy atom. The highest BCUT2D eigenvalue weighted by molar-refractivity contribution is 5.94. The van der Waals surface area contributed by atoms with Crippen LogP contribution in [0.3, 0.4) is 0 Å². The lowest BCUT2D eigenvalue weighted by atomic mass is 9.92. The zero-order valence-electron chi connectivity index (χ0n) is 20.7. The van der Waals surface area contributed by atoms with Gasteiger partial charge in [-0.3, -0.25) is 9.69 Å². The highest BCUT2D eigenvalue weighted by atomic mass is 16.1. The van der Waals surface area contributed by atoms with Crippen molar-refractivity contribution in [3.63, 3.8) is 0 Å². The van der Waals surface area contributed by atoms with Crippen LogP contribution in [0.4, 0.5) is 5.69 Å². The molecular formula is C29H40N4O. The highest BCUT2D eigenvalue weighted by Gasteiger charge is 2.30. The molecule has 182 valence electrons. The summed E-state index contributed by atoms with van der Waals surface area (Å²) in [6.07, 6.45) is 7.79. The number of anilines is 1. The first-order valence-electron chi connectivity index (χ1n) is 13.3. The molecule has 3 aliphatic heterocycles. The van der Waals surface area contributed by atoms with E-state index in [9.17, 15) is 4.79 Å². The smallest absolute Gasteiger partial charge is 0.251 e. The van der Waals surface area contributed by atoms with E-state index in [-0.39, 0.29) is 5.91 Å². The van der Waals surface area contributed by atoms with Crippen molar-refractivity contribution in [3.8, 4) is 0 Å². The summed E-state index contributed by atoms with van der Waals surface area (Å²) in [7, 11) is 1.72. The minimum atomic E-state index is 0.00995. The summed E-state index contributed by atoms with van der Waals surface area (Å²) in [4.78, 5) is 20.4. The van der Waals surface area contributed by atoms with Gasteiger partial charge in [-0.1, -0.05) is 36.8 Å². The zero-order valence-corrected chi connectivity index (χ0v) is 20.7. The van der Waals surface area contributed by atoms with E-state index in [2.05, 4.69) is 62.5 Å². The summed E-state index contributed by atoms with van der Waals surface area (Å²) in [5.41, 5.74) is 4.89. The van der Waals surface area contributed by atoms with E-state index in [4.69, 9.17) is 0 Å². The molecule has 0 aromatic heterocycles. The number of benzene rings is 2. The van der Waals surface area contributed by atoms with Crippen molar-refractivity contribution < 1.29 is 4.79 Å². The molecule has 3 fully saturated rings. The third-order valence-corrected chi connectivity index (χ3v) is 8.19. The molecule has 1 atom stereocenters. The fourth-order valence-electron chi connectivity index (χ4n) is 6.28. The molecule has 1 amide bonds. The topological polar surface area (TPSA) is 38.8 Å². The van der Waals surface area contributed by atoms with E-state index in [0.717, 1.165) is 50.7 Å². The second-order valence-corrected chi connectivity index (χ2v) is 10.4. The number of nitrogens with one attached hydrogen (secondary N) is 1. The van der Waals surface area contributed by atoms with Crippen LogP contribution in [0.2, 0.25) is 0 Å². The Hall–Kier alpha value is -2.37. The second kappa shape index (κ2) is 10.9. The number of hydrogen-bond donors (Lipinski definition) is 1.